The van der Waals surface area contributed by atoms with E-state index in [4.69, 9.17) is 0 Å². The van der Waals surface area contributed by atoms with Gasteiger partial charge in [0.05, 0.1) is 0 Å². The predicted octanol–water partition coefficient (Wildman–Crippen LogP) is 0.648. The normalized spacial score (nSPS) is 7.57. The molecule has 0 aromatic carbocycles. The quantitative estimate of drug-likeness (QED) is 0.507. The lowest BCUT2D eigenvalue weighted by atomic mass is 9.64. The Morgan fingerprint density at radius 2 is 1.86 bits per heavy atom. The molecule has 0 bridgehead atoms. The van der Waals surface area contributed by atoms with E-state index in [-0.39, 0.29) is 6.85 Å². The van der Waals surface area contributed by atoms with E-state index < -0.39 is 0 Å². The monoisotopic (exact) mass is 95.1 g/mol. The molecule has 0 spiro atoms. The molecule has 1 nitrogen and oxygen atoms in total. The topological polar surface area (TPSA) is 12.0 Å². The Bertz CT molecular complexity index is 62.5. The molecule has 0 heterocycles. The summed E-state index contributed by atoms with van der Waals surface area (Å²) in [5.74, 6) is 3.60. The fourth-order valence-electron chi connectivity index (χ4n) is 0.332. The summed E-state index contributed by atoms with van der Waals surface area (Å²) in [5, 5.41) is 2.97. The Kier molecular flexibility index (Phi) is 3.43. The van der Waals surface area contributed by atoms with Gasteiger partial charge in [-0.25, -0.2) is 0 Å². The summed E-state index contributed by atoms with van der Waals surface area (Å²) in [5.41, 5.74) is 0. The average Bonchev–Trinajstić information content (AvgIpc) is 1.72. The van der Waals surface area contributed by atoms with Gasteiger partial charge in [-0.15, -0.1) is 25.1 Å². The highest BCUT2D eigenvalue weighted by atomic mass is 14.7. The third-order valence-corrected chi connectivity index (χ3v) is 0.841. The van der Waals surface area contributed by atoms with Crippen molar-refractivity contribution >= 4 is 6.85 Å². The standard InChI is InChI=1S/C5H10BN/c1-4-6(5-2)7-3/h4-5,7H,1-2H2,3H3. The van der Waals surface area contributed by atoms with Gasteiger partial charge in [0, 0.05) is 0 Å². The summed E-state index contributed by atoms with van der Waals surface area (Å²) in [7, 11) is 1.87. The zero-order valence-electron chi connectivity index (χ0n) is 4.65. The first kappa shape index (κ1) is 6.50. The van der Waals surface area contributed by atoms with Gasteiger partial charge in [0.2, 0.25) is 0 Å². The minimum atomic E-state index is 0.264. The van der Waals surface area contributed by atoms with E-state index in [9.17, 15) is 0 Å². The van der Waals surface area contributed by atoms with Crippen LogP contribution in [0.5, 0.6) is 0 Å². The van der Waals surface area contributed by atoms with Crippen LogP contribution >= 0.6 is 0 Å². The zero-order valence-corrected chi connectivity index (χ0v) is 4.65. The molecular weight excluding hydrogens is 84.9 g/mol. The van der Waals surface area contributed by atoms with E-state index in [0.717, 1.165) is 0 Å². The second-order valence-electron chi connectivity index (χ2n) is 1.29. The molecule has 38 valence electrons. The third-order valence-electron chi connectivity index (χ3n) is 0.841. The van der Waals surface area contributed by atoms with Gasteiger partial charge < -0.3 is 5.23 Å². The largest absolute Gasteiger partial charge is 0.351 e. The van der Waals surface area contributed by atoms with Crippen molar-refractivity contribution in [2.75, 3.05) is 7.05 Å². The number of hydrogen-bond acceptors (Lipinski definition) is 1. The predicted molar refractivity (Wildman–Crippen MR) is 35.2 cm³/mol. The van der Waals surface area contributed by atoms with Crippen molar-refractivity contribution in [3.05, 3.63) is 25.1 Å². The van der Waals surface area contributed by atoms with Gasteiger partial charge >= 0.3 is 0 Å². The van der Waals surface area contributed by atoms with Gasteiger partial charge in [0.1, 0.15) is 0 Å². The molecule has 0 aromatic heterocycles. The smallest absolute Gasteiger partial charge is 0.272 e. The summed E-state index contributed by atoms with van der Waals surface area (Å²) in [6.45, 7) is 7.40. The van der Waals surface area contributed by atoms with E-state index in [2.05, 4.69) is 18.4 Å². The molecule has 0 aliphatic heterocycles. The van der Waals surface area contributed by atoms with Crippen LogP contribution in [0.4, 0.5) is 0 Å². The Balaban J connectivity index is 3.36. The summed E-state index contributed by atoms with van der Waals surface area (Å²) < 4.78 is 0. The summed E-state index contributed by atoms with van der Waals surface area (Å²) in [6.07, 6.45) is 0. The molecule has 0 radical (unpaired) electrons. The number of nitrogens with one attached hydrogen (secondary N) is 1. The molecule has 0 saturated carbocycles. The Labute approximate surface area is 45.2 Å². The van der Waals surface area contributed by atoms with Gasteiger partial charge in [-0.3, -0.25) is 0 Å². The molecule has 0 aromatic rings. The average molecular weight is 95.0 g/mol. The van der Waals surface area contributed by atoms with Crippen LogP contribution in [0, 0.1) is 0 Å². The Morgan fingerprint density at radius 1 is 1.43 bits per heavy atom. The summed E-state index contributed by atoms with van der Waals surface area (Å²) >= 11 is 0. The van der Waals surface area contributed by atoms with Crippen molar-refractivity contribution < 1.29 is 0 Å². The van der Waals surface area contributed by atoms with E-state index >= 15 is 0 Å². The molecule has 0 rings (SSSR count). The van der Waals surface area contributed by atoms with Crippen molar-refractivity contribution in [2.24, 2.45) is 0 Å². The maximum atomic E-state index is 3.57. The molecule has 1 N–H and O–H groups in total. The highest BCUT2D eigenvalue weighted by Crippen LogP contribution is 1.73. The SMILES string of the molecule is C=CB(C=C)NC. The van der Waals surface area contributed by atoms with Crippen molar-refractivity contribution in [3.8, 4) is 0 Å². The zero-order chi connectivity index (χ0) is 5.70. The lowest BCUT2D eigenvalue weighted by Gasteiger charge is -1.94. The molecular formula is C5H10BN. The van der Waals surface area contributed by atoms with Crippen LogP contribution in [0.1, 0.15) is 0 Å². The second-order valence-corrected chi connectivity index (χ2v) is 1.29. The first-order valence-electron chi connectivity index (χ1n) is 2.27. The molecule has 0 aliphatic carbocycles. The maximum Gasteiger partial charge on any atom is 0.272 e. The van der Waals surface area contributed by atoms with Crippen LogP contribution in [-0.4, -0.2) is 13.9 Å². The second kappa shape index (κ2) is 3.69. The van der Waals surface area contributed by atoms with Crippen molar-refractivity contribution in [1.29, 1.82) is 0 Å². The molecule has 0 fully saturated rings. The van der Waals surface area contributed by atoms with Crippen molar-refractivity contribution in [1.82, 2.24) is 5.23 Å². The van der Waals surface area contributed by atoms with E-state index in [1.54, 1.807) is 12.0 Å². The van der Waals surface area contributed by atoms with Crippen LogP contribution in [0.15, 0.2) is 25.1 Å². The number of hydrogen-bond donors (Lipinski definition) is 1. The van der Waals surface area contributed by atoms with Gasteiger partial charge in [-0.1, -0.05) is 0 Å². The van der Waals surface area contributed by atoms with Crippen LogP contribution < -0.4 is 5.23 Å². The molecule has 0 saturated heterocycles. The first-order valence-corrected chi connectivity index (χ1v) is 2.27. The lowest BCUT2D eigenvalue weighted by Crippen LogP contribution is -2.25. The minimum Gasteiger partial charge on any atom is -0.351 e. The Hall–Kier alpha value is -0.495. The molecule has 2 heteroatoms. The first-order chi connectivity index (χ1) is 3.35. The van der Waals surface area contributed by atoms with E-state index in [1.807, 2.05) is 7.05 Å². The van der Waals surface area contributed by atoms with E-state index in [0.29, 0.717) is 0 Å². The van der Waals surface area contributed by atoms with Crippen molar-refractivity contribution in [2.45, 2.75) is 0 Å². The molecule has 7 heavy (non-hydrogen) atoms. The van der Waals surface area contributed by atoms with Gasteiger partial charge in [0.25, 0.3) is 6.85 Å². The molecule has 0 unspecified atom stereocenters. The van der Waals surface area contributed by atoms with Crippen LogP contribution in [0.2, 0.25) is 0 Å². The number of rotatable bonds is 3. The molecule has 0 atom stereocenters. The van der Waals surface area contributed by atoms with Gasteiger partial charge in [-0.05, 0) is 7.05 Å². The maximum absolute atomic E-state index is 3.57. The highest BCUT2D eigenvalue weighted by Gasteiger charge is 1.95. The van der Waals surface area contributed by atoms with Crippen LogP contribution in [-0.2, 0) is 0 Å². The fourth-order valence-corrected chi connectivity index (χ4v) is 0.332. The van der Waals surface area contributed by atoms with Gasteiger partial charge in [-0.2, -0.15) is 0 Å². The summed E-state index contributed by atoms with van der Waals surface area (Å²) in [4.78, 5) is 0. The fraction of sp³-hybridized carbons (Fsp3) is 0.200. The highest BCUT2D eigenvalue weighted by molar-refractivity contribution is 6.66. The molecule has 0 aliphatic rings. The van der Waals surface area contributed by atoms with Crippen LogP contribution in [0.3, 0.4) is 0 Å². The lowest BCUT2D eigenvalue weighted by molar-refractivity contribution is 1.23. The van der Waals surface area contributed by atoms with Gasteiger partial charge in [0.15, 0.2) is 0 Å². The molecule has 0 amide bonds. The van der Waals surface area contributed by atoms with Crippen molar-refractivity contribution in [3.63, 3.8) is 0 Å². The van der Waals surface area contributed by atoms with Crippen LogP contribution in [0.25, 0.3) is 0 Å². The third kappa shape index (κ3) is 2.23. The van der Waals surface area contributed by atoms with E-state index in [1.165, 1.54) is 0 Å². The summed E-state index contributed by atoms with van der Waals surface area (Å²) in [6, 6.07) is 0. The minimum absolute atomic E-state index is 0.264. The Morgan fingerprint density at radius 3 is 1.86 bits per heavy atom.